The molecule has 0 unspecified atom stereocenters. The van der Waals surface area contributed by atoms with Crippen LogP contribution in [0, 0.1) is 6.92 Å². The van der Waals surface area contributed by atoms with Gasteiger partial charge in [-0.05, 0) is 38.7 Å². The average molecular weight is 324 g/mol. The van der Waals surface area contributed by atoms with Crippen molar-refractivity contribution in [1.82, 2.24) is 24.6 Å². The van der Waals surface area contributed by atoms with Crippen LogP contribution in [0.1, 0.15) is 31.4 Å². The molecule has 1 aliphatic rings. The van der Waals surface area contributed by atoms with Crippen LogP contribution >= 0.6 is 0 Å². The van der Waals surface area contributed by atoms with Crippen molar-refractivity contribution >= 4 is 11.3 Å². The number of hydrogen-bond donors (Lipinski definition) is 1. The Bertz CT molecular complexity index is 810. The maximum atomic E-state index is 5.90. The molecular weight excluding hydrogens is 304 g/mol. The summed E-state index contributed by atoms with van der Waals surface area (Å²) in [4.78, 5) is 12.7. The molecule has 3 aromatic heterocycles. The minimum atomic E-state index is 0.209. The largest absolute Gasteiger partial charge is 0.473 e. The molecule has 0 bridgehead atoms. The van der Waals surface area contributed by atoms with Crippen molar-refractivity contribution < 1.29 is 4.74 Å². The van der Waals surface area contributed by atoms with Gasteiger partial charge in [-0.1, -0.05) is 0 Å². The molecule has 4 rings (SSSR count). The third-order valence-electron chi connectivity index (χ3n) is 4.35. The normalized spacial score (nSPS) is 20.9. The highest BCUT2D eigenvalue weighted by Crippen LogP contribution is 2.26. The van der Waals surface area contributed by atoms with Crippen LogP contribution in [-0.2, 0) is 0 Å². The van der Waals surface area contributed by atoms with Crippen molar-refractivity contribution in [3.05, 3.63) is 42.7 Å². The van der Waals surface area contributed by atoms with Crippen LogP contribution < -0.4 is 10.1 Å². The van der Waals surface area contributed by atoms with E-state index in [4.69, 9.17) is 4.74 Å². The average Bonchev–Trinajstić information content (AvgIpc) is 2.99. The molecule has 1 saturated carbocycles. The van der Waals surface area contributed by atoms with Gasteiger partial charge in [0.15, 0.2) is 5.82 Å². The molecule has 0 spiro atoms. The van der Waals surface area contributed by atoms with Crippen molar-refractivity contribution in [3.8, 4) is 5.88 Å². The van der Waals surface area contributed by atoms with Crippen LogP contribution in [0.5, 0.6) is 5.88 Å². The van der Waals surface area contributed by atoms with Crippen LogP contribution in [0.2, 0.25) is 0 Å². The Balaban J connectivity index is 1.37. The first-order valence-electron chi connectivity index (χ1n) is 8.28. The number of nitrogens with one attached hydrogen (secondary N) is 1. The molecule has 0 aromatic carbocycles. The highest BCUT2D eigenvalue weighted by molar-refractivity contribution is 5.68. The number of aryl methyl sites for hydroxylation is 1. The third-order valence-corrected chi connectivity index (χ3v) is 4.35. The van der Waals surface area contributed by atoms with Gasteiger partial charge in [-0.25, -0.2) is 14.5 Å². The van der Waals surface area contributed by atoms with Gasteiger partial charge >= 0.3 is 0 Å². The number of nitrogens with zero attached hydrogens (tertiary/aromatic N) is 5. The minimum absolute atomic E-state index is 0.209. The predicted molar refractivity (Wildman–Crippen MR) is 90.1 cm³/mol. The molecule has 3 heterocycles. The Labute approximate surface area is 140 Å². The van der Waals surface area contributed by atoms with Crippen LogP contribution in [0.3, 0.4) is 0 Å². The van der Waals surface area contributed by atoms with Gasteiger partial charge in [0.05, 0.1) is 11.9 Å². The first-order valence-corrected chi connectivity index (χ1v) is 8.28. The van der Waals surface area contributed by atoms with Crippen molar-refractivity contribution in [2.75, 3.05) is 5.32 Å². The molecule has 7 heteroatoms. The summed E-state index contributed by atoms with van der Waals surface area (Å²) in [6.45, 7) is 1.99. The van der Waals surface area contributed by atoms with Crippen molar-refractivity contribution in [2.45, 2.75) is 44.8 Å². The number of anilines is 1. The standard InChI is InChI=1S/C17H20N6O/c1-12-10-15-17(20-8-9-23(15)22-12)21-13-2-4-14(5-3-13)24-16-11-18-6-7-19-16/h6-11,13-14H,2-5H2,1H3,(H,20,21). The first kappa shape index (κ1) is 14.9. The Morgan fingerprint density at radius 1 is 1.12 bits per heavy atom. The summed E-state index contributed by atoms with van der Waals surface area (Å²) in [6.07, 6.45) is 12.9. The summed E-state index contributed by atoms with van der Waals surface area (Å²) in [6, 6.07) is 2.46. The van der Waals surface area contributed by atoms with E-state index in [0.717, 1.165) is 42.7 Å². The van der Waals surface area contributed by atoms with Crippen LogP contribution in [0.25, 0.3) is 5.52 Å². The lowest BCUT2D eigenvalue weighted by molar-refractivity contribution is 0.143. The molecule has 0 amide bonds. The second-order valence-corrected chi connectivity index (χ2v) is 6.17. The summed E-state index contributed by atoms with van der Waals surface area (Å²) >= 11 is 0. The fourth-order valence-corrected chi connectivity index (χ4v) is 3.19. The van der Waals surface area contributed by atoms with Gasteiger partial charge in [0.25, 0.3) is 0 Å². The quantitative estimate of drug-likeness (QED) is 0.795. The van der Waals surface area contributed by atoms with Gasteiger partial charge in [-0.3, -0.25) is 4.98 Å². The molecule has 0 atom stereocenters. The Hall–Kier alpha value is -2.70. The van der Waals surface area contributed by atoms with E-state index in [9.17, 15) is 0 Å². The summed E-state index contributed by atoms with van der Waals surface area (Å²) in [5.41, 5.74) is 2.01. The van der Waals surface area contributed by atoms with Gasteiger partial charge in [-0.2, -0.15) is 5.10 Å². The molecule has 0 saturated heterocycles. The third kappa shape index (κ3) is 3.15. The lowest BCUT2D eigenvalue weighted by Gasteiger charge is -2.29. The number of fused-ring (bicyclic) bond motifs is 1. The van der Waals surface area contributed by atoms with Crippen LogP contribution in [-0.4, -0.2) is 36.7 Å². The molecule has 1 N–H and O–H groups in total. The molecule has 0 radical (unpaired) electrons. The van der Waals surface area contributed by atoms with E-state index >= 15 is 0 Å². The van der Waals surface area contributed by atoms with Gasteiger partial charge in [0, 0.05) is 30.8 Å². The molecule has 1 aliphatic carbocycles. The number of hydrogen-bond acceptors (Lipinski definition) is 6. The van der Waals surface area contributed by atoms with E-state index in [2.05, 4.69) is 31.4 Å². The maximum absolute atomic E-state index is 5.90. The molecule has 124 valence electrons. The van der Waals surface area contributed by atoms with E-state index in [1.807, 2.05) is 17.6 Å². The molecule has 1 fully saturated rings. The summed E-state index contributed by atoms with van der Waals surface area (Å²) < 4.78 is 7.76. The zero-order chi connectivity index (χ0) is 16.4. The van der Waals surface area contributed by atoms with E-state index < -0.39 is 0 Å². The lowest BCUT2D eigenvalue weighted by atomic mass is 9.93. The van der Waals surface area contributed by atoms with Crippen molar-refractivity contribution in [1.29, 1.82) is 0 Å². The second-order valence-electron chi connectivity index (χ2n) is 6.17. The monoisotopic (exact) mass is 324 g/mol. The van der Waals surface area contributed by atoms with E-state index in [1.165, 1.54) is 0 Å². The number of ether oxygens (including phenoxy) is 1. The second kappa shape index (κ2) is 6.43. The van der Waals surface area contributed by atoms with E-state index in [0.29, 0.717) is 11.9 Å². The van der Waals surface area contributed by atoms with Crippen molar-refractivity contribution in [3.63, 3.8) is 0 Å². The fourth-order valence-electron chi connectivity index (χ4n) is 3.19. The summed E-state index contributed by atoms with van der Waals surface area (Å²) in [5.74, 6) is 1.51. The Kier molecular flexibility index (Phi) is 3.98. The molecule has 3 aromatic rings. The van der Waals surface area contributed by atoms with Gasteiger partial charge in [-0.15, -0.1) is 0 Å². The van der Waals surface area contributed by atoms with Gasteiger partial charge < -0.3 is 10.1 Å². The highest BCUT2D eigenvalue weighted by atomic mass is 16.5. The van der Waals surface area contributed by atoms with Crippen LogP contribution in [0.15, 0.2) is 37.1 Å². The Morgan fingerprint density at radius 3 is 2.79 bits per heavy atom. The molecule has 0 aliphatic heterocycles. The topological polar surface area (TPSA) is 77.2 Å². The van der Waals surface area contributed by atoms with Crippen molar-refractivity contribution in [2.24, 2.45) is 0 Å². The van der Waals surface area contributed by atoms with Gasteiger partial charge in [0.1, 0.15) is 11.6 Å². The fraction of sp³-hybridized carbons (Fsp3) is 0.412. The Morgan fingerprint density at radius 2 is 2.00 bits per heavy atom. The van der Waals surface area contributed by atoms with Crippen LogP contribution in [0.4, 0.5) is 5.82 Å². The number of aromatic nitrogens is 5. The highest BCUT2D eigenvalue weighted by Gasteiger charge is 2.23. The van der Waals surface area contributed by atoms with E-state index in [1.54, 1.807) is 24.8 Å². The first-order chi connectivity index (χ1) is 11.8. The molecular formula is C17H20N6O. The maximum Gasteiger partial charge on any atom is 0.232 e. The van der Waals surface area contributed by atoms with E-state index in [-0.39, 0.29) is 6.10 Å². The molecule has 24 heavy (non-hydrogen) atoms. The minimum Gasteiger partial charge on any atom is -0.473 e. The predicted octanol–water partition coefficient (Wildman–Crippen LogP) is 2.63. The summed E-state index contributed by atoms with van der Waals surface area (Å²) in [7, 11) is 0. The smallest absolute Gasteiger partial charge is 0.232 e. The zero-order valence-electron chi connectivity index (χ0n) is 13.6. The molecule has 7 nitrogen and oxygen atoms in total. The summed E-state index contributed by atoms with van der Waals surface area (Å²) in [5, 5.41) is 8.00. The lowest BCUT2D eigenvalue weighted by Crippen LogP contribution is -2.31. The zero-order valence-corrected chi connectivity index (χ0v) is 13.6. The van der Waals surface area contributed by atoms with Gasteiger partial charge in [0.2, 0.25) is 5.88 Å². The SMILES string of the molecule is Cc1cc2c(NC3CCC(Oc4cnccn4)CC3)nccn2n1. The number of rotatable bonds is 4.